The van der Waals surface area contributed by atoms with Crippen LogP contribution in [0.4, 0.5) is 10.5 Å². The molecule has 0 bridgehead atoms. The molecule has 2 amide bonds. The van der Waals surface area contributed by atoms with Crippen LogP contribution in [-0.4, -0.2) is 42.4 Å². The van der Waals surface area contributed by atoms with Gasteiger partial charge in [0, 0.05) is 24.1 Å². The molecule has 0 saturated heterocycles. The Bertz CT molecular complexity index is 424. The molecule has 19 heavy (non-hydrogen) atoms. The topological polar surface area (TPSA) is 70.6 Å². The maximum Gasteiger partial charge on any atom is 0.319 e. The van der Waals surface area contributed by atoms with Crippen LogP contribution in [0.5, 0.6) is 5.75 Å². The first-order chi connectivity index (χ1) is 8.96. The molecule has 1 rings (SSSR count). The number of hydrogen-bond acceptors (Lipinski definition) is 4. The Labute approximate surface area is 117 Å². The van der Waals surface area contributed by atoms with Gasteiger partial charge in [-0.25, -0.2) is 4.79 Å². The summed E-state index contributed by atoms with van der Waals surface area (Å²) in [6.07, 6.45) is 1.91. The molecular weight excluding hydrogens is 264 g/mol. The molecule has 0 aliphatic rings. The van der Waals surface area contributed by atoms with Crippen LogP contribution in [0.2, 0.25) is 0 Å². The molecule has 1 aromatic rings. The summed E-state index contributed by atoms with van der Waals surface area (Å²) >= 11 is 1.53. The zero-order valence-electron chi connectivity index (χ0n) is 11.4. The molecule has 0 radical (unpaired) electrons. The van der Waals surface area contributed by atoms with Gasteiger partial charge in [-0.1, -0.05) is 6.07 Å². The molecular formula is C13H20N2O3S. The first kappa shape index (κ1) is 15.7. The average molecular weight is 284 g/mol. The number of thioether (sulfide) groups is 1. The minimum Gasteiger partial charge on any atom is -0.497 e. The number of urea groups is 1. The molecule has 3 N–H and O–H groups in total. The van der Waals surface area contributed by atoms with E-state index in [1.807, 2.05) is 6.26 Å². The molecule has 0 heterocycles. The number of benzene rings is 1. The Kier molecular flexibility index (Phi) is 5.98. The van der Waals surface area contributed by atoms with Gasteiger partial charge in [0.2, 0.25) is 0 Å². The molecule has 1 unspecified atom stereocenters. The van der Waals surface area contributed by atoms with Crippen molar-refractivity contribution in [3.63, 3.8) is 0 Å². The molecule has 106 valence electrons. The van der Waals surface area contributed by atoms with Gasteiger partial charge in [0.05, 0.1) is 12.7 Å². The minimum absolute atomic E-state index is 0.198. The molecule has 5 nitrogen and oxygen atoms in total. The van der Waals surface area contributed by atoms with E-state index in [4.69, 9.17) is 4.74 Å². The lowest BCUT2D eigenvalue weighted by atomic mass is 10.1. The van der Waals surface area contributed by atoms with E-state index in [1.54, 1.807) is 38.3 Å². The summed E-state index contributed by atoms with van der Waals surface area (Å²) in [7, 11) is 1.57. The summed E-state index contributed by atoms with van der Waals surface area (Å²) in [5.41, 5.74) is -0.271. The van der Waals surface area contributed by atoms with Crippen molar-refractivity contribution < 1.29 is 14.6 Å². The molecule has 0 aliphatic carbocycles. The third-order valence-electron chi connectivity index (χ3n) is 2.41. The highest BCUT2D eigenvalue weighted by atomic mass is 32.2. The number of carbonyl (C=O) groups is 1. The van der Waals surface area contributed by atoms with Crippen LogP contribution in [0.25, 0.3) is 0 Å². The van der Waals surface area contributed by atoms with Crippen LogP contribution in [-0.2, 0) is 0 Å². The zero-order chi connectivity index (χ0) is 14.3. The highest BCUT2D eigenvalue weighted by Crippen LogP contribution is 2.16. The molecule has 0 fully saturated rings. The second kappa shape index (κ2) is 7.25. The quantitative estimate of drug-likeness (QED) is 0.746. The van der Waals surface area contributed by atoms with Gasteiger partial charge in [-0.3, -0.25) is 0 Å². The number of nitrogens with one attached hydrogen (secondary N) is 2. The van der Waals surface area contributed by atoms with Crippen LogP contribution < -0.4 is 15.4 Å². The third kappa shape index (κ3) is 5.85. The summed E-state index contributed by atoms with van der Waals surface area (Å²) in [6, 6.07) is 6.72. The van der Waals surface area contributed by atoms with E-state index in [9.17, 15) is 9.90 Å². The van der Waals surface area contributed by atoms with Crippen LogP contribution in [0.1, 0.15) is 6.92 Å². The predicted molar refractivity (Wildman–Crippen MR) is 79.0 cm³/mol. The van der Waals surface area contributed by atoms with Gasteiger partial charge in [-0.05, 0) is 25.3 Å². The average Bonchev–Trinajstić information content (AvgIpc) is 2.37. The third-order valence-corrected chi connectivity index (χ3v) is 3.32. The highest BCUT2D eigenvalue weighted by Gasteiger charge is 2.20. The number of aliphatic hydroxyl groups is 1. The first-order valence-corrected chi connectivity index (χ1v) is 7.26. The summed E-state index contributed by atoms with van der Waals surface area (Å²) in [6.45, 7) is 1.89. The Balaban J connectivity index is 2.46. The van der Waals surface area contributed by atoms with Crippen molar-refractivity contribution in [2.24, 2.45) is 0 Å². The number of methoxy groups -OCH3 is 1. The van der Waals surface area contributed by atoms with Crippen molar-refractivity contribution in [1.29, 1.82) is 0 Å². The lowest BCUT2D eigenvalue weighted by Crippen LogP contribution is -2.43. The lowest BCUT2D eigenvalue weighted by Gasteiger charge is -2.22. The summed E-state index contributed by atoms with van der Waals surface area (Å²) in [5.74, 6) is 1.24. The molecule has 0 spiro atoms. The largest absolute Gasteiger partial charge is 0.497 e. The number of amides is 2. The van der Waals surface area contributed by atoms with E-state index < -0.39 is 5.60 Å². The molecule has 0 aromatic heterocycles. The Morgan fingerprint density at radius 1 is 1.53 bits per heavy atom. The zero-order valence-corrected chi connectivity index (χ0v) is 12.2. The standard InChI is InChI=1S/C13H20N2O3S/c1-13(17,9-19-3)8-14-12(16)15-10-5-4-6-11(7-10)18-2/h4-7,17H,8-9H2,1-3H3,(H2,14,15,16). The smallest absolute Gasteiger partial charge is 0.319 e. The van der Waals surface area contributed by atoms with Crippen molar-refractivity contribution in [2.75, 3.05) is 31.0 Å². The number of ether oxygens (including phenoxy) is 1. The van der Waals surface area contributed by atoms with Gasteiger partial charge < -0.3 is 20.5 Å². The van der Waals surface area contributed by atoms with Gasteiger partial charge in [0.15, 0.2) is 0 Å². The number of carbonyl (C=O) groups excluding carboxylic acids is 1. The second-order valence-electron chi connectivity index (χ2n) is 4.47. The van der Waals surface area contributed by atoms with E-state index >= 15 is 0 Å². The van der Waals surface area contributed by atoms with Gasteiger partial charge >= 0.3 is 6.03 Å². The monoisotopic (exact) mass is 284 g/mol. The molecule has 0 aliphatic heterocycles. The maximum absolute atomic E-state index is 11.7. The van der Waals surface area contributed by atoms with Crippen molar-refractivity contribution in [2.45, 2.75) is 12.5 Å². The fourth-order valence-electron chi connectivity index (χ4n) is 1.51. The summed E-state index contributed by atoms with van der Waals surface area (Å²) in [4.78, 5) is 11.7. The highest BCUT2D eigenvalue weighted by molar-refractivity contribution is 7.98. The predicted octanol–water partition coefficient (Wildman–Crippen LogP) is 1.93. The van der Waals surface area contributed by atoms with E-state index in [1.165, 1.54) is 11.8 Å². The van der Waals surface area contributed by atoms with Gasteiger partial charge in [0.25, 0.3) is 0 Å². The van der Waals surface area contributed by atoms with Gasteiger partial charge in [0.1, 0.15) is 5.75 Å². The summed E-state index contributed by atoms with van der Waals surface area (Å²) < 4.78 is 5.07. The Morgan fingerprint density at radius 3 is 2.89 bits per heavy atom. The van der Waals surface area contributed by atoms with Crippen LogP contribution in [0.3, 0.4) is 0 Å². The lowest BCUT2D eigenvalue weighted by molar-refractivity contribution is 0.0876. The normalized spacial score (nSPS) is 13.5. The Hall–Kier alpha value is -1.40. The maximum atomic E-state index is 11.7. The van der Waals surface area contributed by atoms with Gasteiger partial charge in [-0.2, -0.15) is 11.8 Å². The number of hydrogen-bond donors (Lipinski definition) is 3. The van der Waals surface area contributed by atoms with Crippen molar-refractivity contribution in [1.82, 2.24) is 5.32 Å². The van der Waals surface area contributed by atoms with Crippen molar-refractivity contribution in [3.05, 3.63) is 24.3 Å². The number of rotatable bonds is 6. The van der Waals surface area contributed by atoms with E-state index in [2.05, 4.69) is 10.6 Å². The van der Waals surface area contributed by atoms with Gasteiger partial charge in [-0.15, -0.1) is 0 Å². The fourth-order valence-corrected chi connectivity index (χ4v) is 2.23. The van der Waals surface area contributed by atoms with E-state index in [-0.39, 0.29) is 12.6 Å². The summed E-state index contributed by atoms with van der Waals surface area (Å²) in [5, 5.41) is 15.3. The molecule has 0 saturated carbocycles. The SMILES string of the molecule is COc1cccc(NC(=O)NCC(C)(O)CSC)c1. The van der Waals surface area contributed by atoms with Crippen LogP contribution >= 0.6 is 11.8 Å². The minimum atomic E-state index is -0.912. The molecule has 1 atom stereocenters. The molecule has 1 aromatic carbocycles. The number of anilines is 1. The molecule has 6 heteroatoms. The Morgan fingerprint density at radius 2 is 2.26 bits per heavy atom. The first-order valence-electron chi connectivity index (χ1n) is 5.87. The van der Waals surface area contributed by atoms with Crippen molar-refractivity contribution >= 4 is 23.5 Å². The fraction of sp³-hybridized carbons (Fsp3) is 0.462. The van der Waals surface area contributed by atoms with E-state index in [0.717, 1.165) is 0 Å². The second-order valence-corrected chi connectivity index (χ2v) is 5.34. The van der Waals surface area contributed by atoms with Crippen molar-refractivity contribution in [3.8, 4) is 5.75 Å². The van der Waals surface area contributed by atoms with E-state index in [0.29, 0.717) is 17.2 Å². The van der Waals surface area contributed by atoms with Crippen LogP contribution in [0, 0.1) is 0 Å². The van der Waals surface area contributed by atoms with Crippen LogP contribution in [0.15, 0.2) is 24.3 Å².